The molecule has 2 heteroatoms. The monoisotopic (exact) mass is 234 g/mol. The van der Waals surface area contributed by atoms with Gasteiger partial charge in [-0.1, -0.05) is 19.4 Å². The predicted molar refractivity (Wildman–Crippen MR) is 66.5 cm³/mol. The van der Waals surface area contributed by atoms with Crippen LogP contribution in [0.3, 0.4) is 0 Å². The van der Waals surface area contributed by atoms with E-state index in [0.717, 1.165) is 23.7 Å². The topological polar surface area (TPSA) is 37.3 Å². The Morgan fingerprint density at radius 2 is 1.94 bits per heavy atom. The van der Waals surface area contributed by atoms with Crippen molar-refractivity contribution in [3.05, 3.63) is 12.2 Å². The molecule has 4 bridgehead atoms. The van der Waals surface area contributed by atoms with E-state index in [1.165, 1.54) is 44.6 Å². The van der Waals surface area contributed by atoms with E-state index in [0.29, 0.717) is 0 Å². The molecule has 3 unspecified atom stereocenters. The minimum atomic E-state index is -0.782. The van der Waals surface area contributed by atoms with Crippen LogP contribution in [-0.2, 0) is 4.79 Å². The molecule has 1 N–H and O–H groups in total. The summed E-state index contributed by atoms with van der Waals surface area (Å²) in [4.78, 5) is 10.8. The molecule has 2 nitrogen and oxygen atoms in total. The summed E-state index contributed by atoms with van der Waals surface area (Å²) >= 11 is 0. The van der Waals surface area contributed by atoms with Gasteiger partial charge in [0.2, 0.25) is 0 Å². The first-order valence-corrected chi connectivity index (χ1v) is 7.05. The molecule has 0 aromatic rings. The molecule has 94 valence electrons. The minimum absolute atomic E-state index is 0.238. The molecule has 4 saturated carbocycles. The number of hydrogen-bond donors (Lipinski definition) is 1. The quantitative estimate of drug-likeness (QED) is 0.759. The zero-order chi connectivity index (χ0) is 12.0. The summed E-state index contributed by atoms with van der Waals surface area (Å²) in [5.74, 6) is 2.61. The Kier molecular flexibility index (Phi) is 2.57. The van der Waals surface area contributed by atoms with Gasteiger partial charge in [0.1, 0.15) is 0 Å². The van der Waals surface area contributed by atoms with Crippen LogP contribution in [0.2, 0.25) is 0 Å². The Labute approximate surface area is 103 Å². The maximum absolute atomic E-state index is 10.8. The van der Waals surface area contributed by atoms with Gasteiger partial charge < -0.3 is 5.11 Å². The molecular formula is C15H22O2. The van der Waals surface area contributed by atoms with Crippen LogP contribution in [-0.4, -0.2) is 11.1 Å². The zero-order valence-corrected chi connectivity index (χ0v) is 10.6. The van der Waals surface area contributed by atoms with Crippen LogP contribution in [0.15, 0.2) is 12.2 Å². The third-order valence-corrected chi connectivity index (χ3v) is 5.58. The normalized spacial score (nSPS) is 47.8. The molecule has 0 heterocycles. The van der Waals surface area contributed by atoms with Crippen molar-refractivity contribution < 1.29 is 9.90 Å². The lowest BCUT2D eigenvalue weighted by molar-refractivity contribution is -0.131. The fraction of sp³-hybridized carbons (Fsp3) is 0.800. The lowest BCUT2D eigenvalue weighted by atomic mass is 9.44. The fourth-order valence-electron chi connectivity index (χ4n) is 5.45. The predicted octanol–water partition coefficient (Wildman–Crippen LogP) is 3.48. The summed E-state index contributed by atoms with van der Waals surface area (Å²) in [6.45, 7) is 2.28. The highest BCUT2D eigenvalue weighted by Gasteiger charge is 2.54. The van der Waals surface area contributed by atoms with Gasteiger partial charge in [-0.25, -0.2) is 4.79 Å². The van der Waals surface area contributed by atoms with E-state index in [2.05, 4.69) is 13.0 Å². The highest BCUT2D eigenvalue weighted by molar-refractivity contribution is 5.79. The van der Waals surface area contributed by atoms with Crippen LogP contribution in [0.1, 0.15) is 45.4 Å². The Bertz CT molecular complexity index is 344. The van der Waals surface area contributed by atoms with Crippen LogP contribution in [0, 0.1) is 29.1 Å². The van der Waals surface area contributed by atoms with Crippen LogP contribution in [0.4, 0.5) is 0 Å². The molecule has 0 aromatic carbocycles. The zero-order valence-electron chi connectivity index (χ0n) is 10.6. The van der Waals surface area contributed by atoms with E-state index in [4.69, 9.17) is 5.11 Å². The van der Waals surface area contributed by atoms with Gasteiger partial charge in [0, 0.05) is 6.08 Å². The summed E-state index contributed by atoms with van der Waals surface area (Å²) < 4.78 is 0. The van der Waals surface area contributed by atoms with Crippen LogP contribution in [0.25, 0.3) is 0 Å². The summed E-state index contributed by atoms with van der Waals surface area (Å²) in [7, 11) is 0. The molecule has 4 aliphatic carbocycles. The highest BCUT2D eigenvalue weighted by atomic mass is 16.4. The van der Waals surface area contributed by atoms with Crippen molar-refractivity contribution >= 4 is 5.97 Å². The molecule has 17 heavy (non-hydrogen) atoms. The van der Waals surface area contributed by atoms with Gasteiger partial charge in [-0.2, -0.15) is 0 Å². The molecule has 3 atom stereocenters. The number of hydrogen-bond acceptors (Lipinski definition) is 1. The van der Waals surface area contributed by atoms with Gasteiger partial charge in [-0.15, -0.1) is 0 Å². The average molecular weight is 234 g/mol. The molecule has 0 spiro atoms. The third-order valence-electron chi connectivity index (χ3n) is 5.58. The second-order valence-corrected chi connectivity index (χ2v) is 6.53. The maximum Gasteiger partial charge on any atom is 0.327 e. The summed E-state index contributed by atoms with van der Waals surface area (Å²) in [6, 6.07) is 0. The number of carbonyl (C=O) groups is 1. The van der Waals surface area contributed by atoms with Gasteiger partial charge in [-0.3, -0.25) is 0 Å². The smallest absolute Gasteiger partial charge is 0.327 e. The Morgan fingerprint density at radius 3 is 2.47 bits per heavy atom. The van der Waals surface area contributed by atoms with Gasteiger partial charge in [0.25, 0.3) is 0 Å². The highest BCUT2D eigenvalue weighted by Crippen LogP contribution is 2.64. The van der Waals surface area contributed by atoms with E-state index in [-0.39, 0.29) is 5.41 Å². The fourth-order valence-corrected chi connectivity index (χ4v) is 5.45. The molecule has 0 aromatic heterocycles. The first kappa shape index (κ1) is 11.3. The SMILES string of the molecule is CCC1C2CC3CC(C2)CC1(C=CC(=O)O)C3. The van der Waals surface area contributed by atoms with Crippen molar-refractivity contribution in [3.63, 3.8) is 0 Å². The van der Waals surface area contributed by atoms with Crippen molar-refractivity contribution in [2.75, 3.05) is 0 Å². The Morgan fingerprint density at radius 1 is 1.29 bits per heavy atom. The standard InChI is InChI=1S/C15H22O2/c1-2-13-12-6-10-5-11(7-12)9-15(13,8-10)4-3-14(16)17/h3-4,10-13H,2,5-9H2,1H3,(H,16,17). The first-order chi connectivity index (χ1) is 8.13. The van der Waals surface area contributed by atoms with Crippen LogP contribution in [0.5, 0.6) is 0 Å². The van der Waals surface area contributed by atoms with Gasteiger partial charge in [0.05, 0.1) is 0 Å². The number of carboxylic acid groups (broad SMARTS) is 1. The number of aliphatic carboxylic acids is 1. The van der Waals surface area contributed by atoms with E-state index in [9.17, 15) is 4.79 Å². The van der Waals surface area contributed by atoms with Crippen molar-refractivity contribution in [1.29, 1.82) is 0 Å². The molecule has 4 fully saturated rings. The van der Waals surface area contributed by atoms with Gasteiger partial charge >= 0.3 is 5.97 Å². The summed E-state index contributed by atoms with van der Waals surface area (Å²) in [5.41, 5.74) is 0.238. The molecule has 0 saturated heterocycles. The van der Waals surface area contributed by atoms with Crippen molar-refractivity contribution in [3.8, 4) is 0 Å². The summed E-state index contributed by atoms with van der Waals surface area (Å²) in [5, 5.41) is 8.89. The number of allylic oxidation sites excluding steroid dienone is 1. The van der Waals surface area contributed by atoms with E-state index in [1.54, 1.807) is 0 Å². The van der Waals surface area contributed by atoms with Gasteiger partial charge in [-0.05, 0) is 61.2 Å². The first-order valence-electron chi connectivity index (χ1n) is 7.05. The second-order valence-electron chi connectivity index (χ2n) is 6.53. The van der Waals surface area contributed by atoms with Gasteiger partial charge in [0.15, 0.2) is 0 Å². The Balaban J connectivity index is 1.92. The lowest BCUT2D eigenvalue weighted by Gasteiger charge is -2.60. The largest absolute Gasteiger partial charge is 0.478 e. The molecule has 4 rings (SSSR count). The van der Waals surface area contributed by atoms with Crippen LogP contribution >= 0.6 is 0 Å². The van der Waals surface area contributed by atoms with Crippen molar-refractivity contribution in [1.82, 2.24) is 0 Å². The molecular weight excluding hydrogens is 212 g/mol. The number of carboxylic acids is 1. The molecule has 0 radical (unpaired) electrons. The van der Waals surface area contributed by atoms with Crippen molar-refractivity contribution in [2.45, 2.75) is 45.4 Å². The molecule has 0 aliphatic heterocycles. The Hall–Kier alpha value is -0.790. The lowest BCUT2D eigenvalue weighted by Crippen LogP contribution is -2.51. The minimum Gasteiger partial charge on any atom is -0.478 e. The third kappa shape index (κ3) is 1.73. The second kappa shape index (κ2) is 3.86. The van der Waals surface area contributed by atoms with E-state index in [1.807, 2.05) is 0 Å². The van der Waals surface area contributed by atoms with Crippen molar-refractivity contribution in [2.24, 2.45) is 29.1 Å². The van der Waals surface area contributed by atoms with Crippen LogP contribution < -0.4 is 0 Å². The van der Waals surface area contributed by atoms with E-state index >= 15 is 0 Å². The number of rotatable bonds is 3. The summed E-state index contributed by atoms with van der Waals surface area (Å²) in [6.07, 6.45) is 11.4. The maximum atomic E-state index is 10.8. The molecule has 4 aliphatic rings. The average Bonchev–Trinajstić information content (AvgIpc) is 2.25. The van der Waals surface area contributed by atoms with E-state index < -0.39 is 5.97 Å². The molecule has 0 amide bonds.